The number of carboxylic acids is 1. The highest BCUT2D eigenvalue weighted by molar-refractivity contribution is 5.77. The number of nitrogens with zero attached hydrogens (tertiary/aromatic N) is 1. The molecule has 0 fully saturated rings. The summed E-state index contributed by atoms with van der Waals surface area (Å²) >= 11 is 0. The lowest BCUT2D eigenvalue weighted by atomic mass is 10.0. The van der Waals surface area contributed by atoms with Crippen LogP contribution in [0.1, 0.15) is 20.8 Å². The molecule has 0 unspecified atom stereocenters. The molecule has 0 heterocycles. The van der Waals surface area contributed by atoms with Crippen molar-refractivity contribution in [1.29, 1.82) is 0 Å². The number of carbonyl (C=O) groups is 1. The molecule has 72 valence electrons. The summed E-state index contributed by atoms with van der Waals surface area (Å²) in [6.45, 7) is 5.19. The zero-order valence-corrected chi connectivity index (χ0v) is 7.80. The number of halogens is 1. The van der Waals surface area contributed by atoms with Crippen LogP contribution in [0.5, 0.6) is 0 Å². The largest absolute Gasteiger partial charge is 0.480 e. The summed E-state index contributed by atoms with van der Waals surface area (Å²) in [5.74, 6) is -0.919. The van der Waals surface area contributed by atoms with E-state index in [1.54, 1.807) is 18.7 Å². The molecule has 0 aromatic heterocycles. The van der Waals surface area contributed by atoms with E-state index < -0.39 is 18.2 Å². The van der Waals surface area contributed by atoms with E-state index in [9.17, 15) is 9.18 Å². The Balaban J connectivity index is 4.36. The summed E-state index contributed by atoms with van der Waals surface area (Å²) in [6.07, 6.45) is 0. The first kappa shape index (κ1) is 11.4. The molecular weight excluding hydrogens is 161 g/mol. The maximum absolute atomic E-state index is 12.0. The lowest BCUT2D eigenvalue weighted by Crippen LogP contribution is -2.50. The van der Waals surface area contributed by atoms with E-state index >= 15 is 0 Å². The lowest BCUT2D eigenvalue weighted by Gasteiger charge is -2.33. The predicted molar refractivity (Wildman–Crippen MR) is 44.9 cm³/mol. The zero-order valence-electron chi connectivity index (χ0n) is 7.80. The summed E-state index contributed by atoms with van der Waals surface area (Å²) in [4.78, 5) is 12.3. The number of hydrogen-bond acceptors (Lipinski definition) is 2. The molecule has 4 heteroatoms. The van der Waals surface area contributed by atoms with E-state index in [-0.39, 0.29) is 6.54 Å². The fourth-order valence-electron chi connectivity index (χ4n) is 1.07. The minimum atomic E-state index is -0.971. The second-order valence-electron chi connectivity index (χ2n) is 3.13. The summed E-state index contributed by atoms with van der Waals surface area (Å²) in [7, 11) is 0. The lowest BCUT2D eigenvalue weighted by molar-refractivity contribution is -0.149. The van der Waals surface area contributed by atoms with E-state index in [0.717, 1.165) is 0 Å². The third kappa shape index (κ3) is 2.44. The average Bonchev–Trinajstić information content (AvgIpc) is 1.99. The fourth-order valence-corrected chi connectivity index (χ4v) is 1.07. The van der Waals surface area contributed by atoms with Gasteiger partial charge in [0.2, 0.25) is 0 Å². The van der Waals surface area contributed by atoms with E-state index in [1.165, 1.54) is 0 Å². The molecule has 1 N–H and O–H groups in total. The molecule has 0 atom stereocenters. The van der Waals surface area contributed by atoms with Crippen LogP contribution in [0.4, 0.5) is 4.39 Å². The minimum absolute atomic E-state index is 0.176. The maximum atomic E-state index is 12.0. The Morgan fingerprint density at radius 1 is 1.58 bits per heavy atom. The number of hydrogen-bond donors (Lipinski definition) is 1. The van der Waals surface area contributed by atoms with Crippen molar-refractivity contribution in [3.63, 3.8) is 0 Å². The number of likely N-dealkylation sites (N-methyl/N-ethyl adjacent to an activating group) is 1. The van der Waals surface area contributed by atoms with Crippen LogP contribution in [-0.4, -0.2) is 41.3 Å². The van der Waals surface area contributed by atoms with Gasteiger partial charge in [-0.25, -0.2) is 4.39 Å². The van der Waals surface area contributed by atoms with Crippen molar-refractivity contribution in [2.45, 2.75) is 26.3 Å². The second kappa shape index (κ2) is 4.40. The van der Waals surface area contributed by atoms with Crippen LogP contribution in [0.15, 0.2) is 0 Å². The first-order valence-corrected chi connectivity index (χ1v) is 4.01. The Morgan fingerprint density at radius 3 is 2.33 bits per heavy atom. The molecule has 0 rings (SSSR count). The molecule has 0 aliphatic heterocycles. The molecule has 0 aromatic carbocycles. The van der Waals surface area contributed by atoms with Crippen molar-refractivity contribution in [1.82, 2.24) is 4.90 Å². The molecular formula is C8H16FNO2. The van der Waals surface area contributed by atoms with Crippen molar-refractivity contribution < 1.29 is 14.3 Å². The van der Waals surface area contributed by atoms with Gasteiger partial charge >= 0.3 is 5.97 Å². The Kier molecular flexibility index (Phi) is 4.17. The van der Waals surface area contributed by atoms with Gasteiger partial charge in [0.05, 0.1) is 0 Å². The van der Waals surface area contributed by atoms with Gasteiger partial charge in [-0.2, -0.15) is 0 Å². The van der Waals surface area contributed by atoms with Crippen LogP contribution in [0.25, 0.3) is 0 Å². The SMILES string of the molecule is CCN(CCF)C(C)(C)C(=O)O. The molecule has 0 bridgehead atoms. The van der Waals surface area contributed by atoms with Gasteiger partial charge in [-0.3, -0.25) is 9.69 Å². The Labute approximate surface area is 72.2 Å². The van der Waals surface area contributed by atoms with Gasteiger partial charge in [-0.1, -0.05) is 6.92 Å². The Hall–Kier alpha value is -0.640. The van der Waals surface area contributed by atoms with Crippen LogP contribution < -0.4 is 0 Å². The molecule has 0 saturated heterocycles. The highest BCUT2D eigenvalue weighted by atomic mass is 19.1. The van der Waals surface area contributed by atoms with Gasteiger partial charge in [-0.05, 0) is 20.4 Å². The zero-order chi connectivity index (χ0) is 9.78. The van der Waals surface area contributed by atoms with Crippen LogP contribution in [-0.2, 0) is 4.79 Å². The van der Waals surface area contributed by atoms with Gasteiger partial charge in [0.25, 0.3) is 0 Å². The summed E-state index contributed by atoms with van der Waals surface area (Å²) < 4.78 is 12.0. The third-order valence-electron chi connectivity index (χ3n) is 2.05. The van der Waals surface area contributed by atoms with E-state index in [4.69, 9.17) is 5.11 Å². The van der Waals surface area contributed by atoms with Gasteiger partial charge in [-0.15, -0.1) is 0 Å². The van der Waals surface area contributed by atoms with Gasteiger partial charge in [0, 0.05) is 6.54 Å². The second-order valence-corrected chi connectivity index (χ2v) is 3.13. The molecule has 0 aromatic rings. The van der Waals surface area contributed by atoms with Gasteiger partial charge in [0.1, 0.15) is 12.2 Å². The smallest absolute Gasteiger partial charge is 0.323 e. The van der Waals surface area contributed by atoms with Crippen LogP contribution in [0.3, 0.4) is 0 Å². The first-order chi connectivity index (χ1) is 5.46. The molecule has 0 spiro atoms. The number of alkyl halides is 1. The number of aliphatic carboxylic acids is 1. The predicted octanol–water partition coefficient (Wildman–Crippen LogP) is 1.14. The quantitative estimate of drug-likeness (QED) is 0.684. The van der Waals surface area contributed by atoms with Crippen LogP contribution in [0, 0.1) is 0 Å². The molecule has 3 nitrogen and oxygen atoms in total. The van der Waals surface area contributed by atoms with Crippen molar-refractivity contribution in [3.05, 3.63) is 0 Å². The third-order valence-corrected chi connectivity index (χ3v) is 2.05. The van der Waals surface area contributed by atoms with Crippen molar-refractivity contribution >= 4 is 5.97 Å². The van der Waals surface area contributed by atoms with Gasteiger partial charge in [0.15, 0.2) is 0 Å². The minimum Gasteiger partial charge on any atom is -0.480 e. The summed E-state index contributed by atoms with van der Waals surface area (Å²) in [5, 5.41) is 8.81. The molecule has 0 amide bonds. The molecule has 0 saturated carbocycles. The fraction of sp³-hybridized carbons (Fsp3) is 0.875. The van der Waals surface area contributed by atoms with Crippen LogP contribution in [0.2, 0.25) is 0 Å². The maximum Gasteiger partial charge on any atom is 0.323 e. The van der Waals surface area contributed by atoms with Crippen molar-refractivity contribution in [3.8, 4) is 0 Å². The Morgan fingerprint density at radius 2 is 2.08 bits per heavy atom. The summed E-state index contributed by atoms with van der Waals surface area (Å²) in [5.41, 5.74) is -0.971. The van der Waals surface area contributed by atoms with Gasteiger partial charge < -0.3 is 5.11 Å². The summed E-state index contributed by atoms with van der Waals surface area (Å²) in [6, 6.07) is 0. The highest BCUT2D eigenvalue weighted by Gasteiger charge is 2.32. The molecule has 12 heavy (non-hydrogen) atoms. The average molecular weight is 177 g/mol. The first-order valence-electron chi connectivity index (χ1n) is 4.01. The van der Waals surface area contributed by atoms with E-state index in [0.29, 0.717) is 6.54 Å². The molecule has 0 aliphatic carbocycles. The normalized spacial score (nSPS) is 12.1. The van der Waals surface area contributed by atoms with Crippen molar-refractivity contribution in [2.75, 3.05) is 19.8 Å². The van der Waals surface area contributed by atoms with E-state index in [2.05, 4.69) is 0 Å². The van der Waals surface area contributed by atoms with E-state index in [1.807, 2.05) is 6.92 Å². The van der Waals surface area contributed by atoms with Crippen LogP contribution >= 0.6 is 0 Å². The number of carboxylic acid groups (broad SMARTS) is 1. The molecule has 0 aliphatic rings. The Bertz CT molecular complexity index is 159. The topological polar surface area (TPSA) is 40.5 Å². The molecule has 0 radical (unpaired) electrons. The highest BCUT2D eigenvalue weighted by Crippen LogP contribution is 2.13. The number of rotatable bonds is 5. The monoisotopic (exact) mass is 177 g/mol. The van der Waals surface area contributed by atoms with Crippen molar-refractivity contribution in [2.24, 2.45) is 0 Å². The standard InChI is InChI=1S/C8H16FNO2/c1-4-10(6-5-9)8(2,3)7(11)12/h4-6H2,1-3H3,(H,11,12).